The number of aliphatic carboxylic acids is 2. The Kier molecular flexibility index (Phi) is 11.4. The zero-order valence-corrected chi connectivity index (χ0v) is 18.8. The number of nitrogens with zero attached hydrogens (tertiary/aromatic N) is 1. The lowest BCUT2D eigenvalue weighted by Crippen LogP contribution is -2.57. The van der Waals surface area contributed by atoms with Crippen LogP contribution < -0.4 is 21.3 Å². The van der Waals surface area contributed by atoms with Crippen molar-refractivity contribution in [1.82, 2.24) is 26.2 Å². The summed E-state index contributed by atoms with van der Waals surface area (Å²) >= 11 is 0. The molecule has 0 aliphatic carbocycles. The fourth-order valence-corrected chi connectivity index (χ4v) is 2.94. The van der Waals surface area contributed by atoms with Crippen LogP contribution in [-0.2, 0) is 19.2 Å². The highest BCUT2D eigenvalue weighted by Crippen LogP contribution is 2.06. The molecule has 1 aliphatic rings. The van der Waals surface area contributed by atoms with Crippen LogP contribution in [0, 0.1) is 0 Å². The summed E-state index contributed by atoms with van der Waals surface area (Å²) in [5.74, 6) is -3.26. The summed E-state index contributed by atoms with van der Waals surface area (Å²) in [5, 5.41) is 29.6. The highest BCUT2D eigenvalue weighted by Gasteiger charge is 2.30. The predicted molar refractivity (Wildman–Crippen MR) is 115 cm³/mol. The standard InChI is InChI=1S/C20H37N5O6/c1-5-13(4)23-14(6-7-17(26)27)19(29)24-15(20(30)31)10-21-18(28)16(22-12(2)3)11-25-8-9-25/h12-16,22-23H,5-11H2,1-4H3,(H,21,28)(H,24,29)(H,26,27)(H,30,31)/t13?,14-,15?,16-/m0/s1. The van der Waals surface area contributed by atoms with E-state index in [9.17, 15) is 24.3 Å². The van der Waals surface area contributed by atoms with Crippen LogP contribution >= 0.6 is 0 Å². The first kappa shape index (κ1) is 26.8. The minimum Gasteiger partial charge on any atom is -0.481 e. The van der Waals surface area contributed by atoms with Gasteiger partial charge in [-0.1, -0.05) is 20.8 Å². The average Bonchev–Trinajstić information content (AvgIpc) is 3.50. The molecule has 1 fully saturated rings. The molecule has 178 valence electrons. The molecule has 31 heavy (non-hydrogen) atoms. The Hall–Kier alpha value is -2.24. The number of carboxylic acids is 2. The van der Waals surface area contributed by atoms with Crippen molar-refractivity contribution < 1.29 is 29.4 Å². The number of rotatable bonds is 16. The summed E-state index contributed by atoms with van der Waals surface area (Å²) in [7, 11) is 0. The van der Waals surface area contributed by atoms with E-state index in [-0.39, 0.29) is 37.4 Å². The average molecular weight is 444 g/mol. The number of amides is 2. The molecule has 2 unspecified atom stereocenters. The number of carbonyl (C=O) groups excluding carboxylic acids is 2. The van der Waals surface area contributed by atoms with Gasteiger partial charge >= 0.3 is 11.9 Å². The molecule has 11 nitrogen and oxygen atoms in total. The predicted octanol–water partition coefficient (Wildman–Crippen LogP) is -1.02. The molecular weight excluding hydrogens is 406 g/mol. The first-order valence-electron chi connectivity index (χ1n) is 10.8. The normalized spacial score (nSPS) is 17.5. The van der Waals surface area contributed by atoms with Gasteiger partial charge in [-0.25, -0.2) is 4.79 Å². The van der Waals surface area contributed by atoms with Crippen LogP contribution in [0.2, 0.25) is 0 Å². The molecule has 6 N–H and O–H groups in total. The quantitative estimate of drug-likeness (QED) is 0.164. The van der Waals surface area contributed by atoms with Gasteiger partial charge in [0.25, 0.3) is 0 Å². The van der Waals surface area contributed by atoms with E-state index in [1.807, 2.05) is 27.7 Å². The summed E-state index contributed by atoms with van der Waals surface area (Å²) in [5.41, 5.74) is 0. The van der Waals surface area contributed by atoms with Crippen LogP contribution in [-0.4, -0.2) is 95.3 Å². The number of nitrogens with one attached hydrogen (secondary N) is 4. The Morgan fingerprint density at radius 3 is 2.06 bits per heavy atom. The Labute approximate surface area is 183 Å². The molecule has 2 amide bonds. The minimum absolute atomic E-state index is 0.0282. The molecule has 0 spiro atoms. The van der Waals surface area contributed by atoms with Gasteiger partial charge in [-0.05, 0) is 19.8 Å². The molecule has 11 heteroatoms. The van der Waals surface area contributed by atoms with E-state index < -0.39 is 36.0 Å². The van der Waals surface area contributed by atoms with E-state index in [2.05, 4.69) is 26.2 Å². The van der Waals surface area contributed by atoms with Crippen molar-refractivity contribution >= 4 is 23.8 Å². The lowest BCUT2D eigenvalue weighted by Gasteiger charge is -2.25. The molecule has 1 rings (SSSR count). The lowest BCUT2D eigenvalue weighted by atomic mass is 10.1. The minimum atomic E-state index is -1.33. The van der Waals surface area contributed by atoms with Crippen LogP contribution in [0.4, 0.5) is 0 Å². The highest BCUT2D eigenvalue weighted by molar-refractivity contribution is 5.88. The molecule has 0 aromatic rings. The maximum absolute atomic E-state index is 12.6. The van der Waals surface area contributed by atoms with Gasteiger partial charge in [0.05, 0.1) is 12.1 Å². The second kappa shape index (κ2) is 13.2. The van der Waals surface area contributed by atoms with Crippen LogP contribution in [0.1, 0.15) is 47.0 Å². The van der Waals surface area contributed by atoms with Gasteiger partial charge in [0.2, 0.25) is 11.8 Å². The number of carbonyl (C=O) groups is 4. The van der Waals surface area contributed by atoms with Gasteiger partial charge in [-0.2, -0.15) is 0 Å². The highest BCUT2D eigenvalue weighted by atomic mass is 16.4. The molecule has 0 bridgehead atoms. The van der Waals surface area contributed by atoms with E-state index in [1.54, 1.807) is 0 Å². The third kappa shape index (κ3) is 11.1. The van der Waals surface area contributed by atoms with Crippen LogP contribution in [0.15, 0.2) is 0 Å². The lowest BCUT2D eigenvalue weighted by molar-refractivity contribution is -0.142. The monoisotopic (exact) mass is 443 g/mol. The topological polar surface area (TPSA) is 160 Å². The zero-order valence-electron chi connectivity index (χ0n) is 18.8. The molecular formula is C20H37N5O6. The molecule has 0 aromatic heterocycles. The van der Waals surface area contributed by atoms with Gasteiger partial charge in [0.15, 0.2) is 0 Å². The molecule has 0 saturated carbocycles. The zero-order chi connectivity index (χ0) is 23.6. The van der Waals surface area contributed by atoms with E-state index in [1.165, 1.54) is 0 Å². The Morgan fingerprint density at radius 1 is 0.935 bits per heavy atom. The number of carboxylic acid groups (broad SMARTS) is 2. The van der Waals surface area contributed by atoms with Crippen molar-refractivity contribution in [2.24, 2.45) is 0 Å². The fraction of sp³-hybridized carbons (Fsp3) is 0.800. The summed E-state index contributed by atoms with van der Waals surface area (Å²) in [4.78, 5) is 49.8. The number of hydrogen-bond donors (Lipinski definition) is 6. The first-order valence-corrected chi connectivity index (χ1v) is 10.8. The van der Waals surface area contributed by atoms with Crippen LogP contribution in [0.5, 0.6) is 0 Å². The summed E-state index contributed by atoms with van der Waals surface area (Å²) < 4.78 is 0. The van der Waals surface area contributed by atoms with Crippen molar-refractivity contribution in [2.45, 2.75) is 77.2 Å². The third-order valence-corrected chi connectivity index (χ3v) is 4.99. The third-order valence-electron chi connectivity index (χ3n) is 4.99. The van der Waals surface area contributed by atoms with Crippen LogP contribution in [0.25, 0.3) is 0 Å². The van der Waals surface area contributed by atoms with Crippen LogP contribution in [0.3, 0.4) is 0 Å². The van der Waals surface area contributed by atoms with E-state index >= 15 is 0 Å². The van der Waals surface area contributed by atoms with Crippen molar-refractivity contribution in [3.8, 4) is 0 Å². The van der Waals surface area contributed by atoms with Gasteiger partial charge < -0.3 is 31.5 Å². The molecule has 0 aromatic carbocycles. The largest absolute Gasteiger partial charge is 0.481 e. The maximum Gasteiger partial charge on any atom is 0.328 e. The molecule has 1 saturated heterocycles. The Morgan fingerprint density at radius 2 is 1.58 bits per heavy atom. The van der Waals surface area contributed by atoms with Gasteiger partial charge in [0, 0.05) is 44.7 Å². The van der Waals surface area contributed by atoms with Gasteiger partial charge in [0.1, 0.15) is 6.04 Å². The fourth-order valence-electron chi connectivity index (χ4n) is 2.94. The van der Waals surface area contributed by atoms with Gasteiger partial charge in [-0.3, -0.25) is 19.3 Å². The van der Waals surface area contributed by atoms with Crippen molar-refractivity contribution in [1.29, 1.82) is 0 Å². The maximum atomic E-state index is 12.6. The van der Waals surface area contributed by atoms with Crippen molar-refractivity contribution in [3.63, 3.8) is 0 Å². The molecule has 4 atom stereocenters. The summed E-state index contributed by atoms with van der Waals surface area (Å²) in [6, 6.07) is -2.63. The smallest absolute Gasteiger partial charge is 0.328 e. The molecule has 1 aliphatic heterocycles. The number of hydrogen-bond acceptors (Lipinski definition) is 7. The SMILES string of the molecule is CCC(C)N[C@@H](CCC(=O)O)C(=O)NC(CNC(=O)[C@H](CN1CC1)NC(C)C)C(=O)O. The Balaban J connectivity index is 2.70. The Bertz CT molecular complexity index is 621. The van der Waals surface area contributed by atoms with Gasteiger partial charge in [-0.15, -0.1) is 0 Å². The second-order valence-corrected chi connectivity index (χ2v) is 8.28. The van der Waals surface area contributed by atoms with E-state index in [4.69, 9.17) is 5.11 Å². The van der Waals surface area contributed by atoms with Crippen molar-refractivity contribution in [3.05, 3.63) is 0 Å². The summed E-state index contributed by atoms with van der Waals surface area (Å²) in [6.07, 6.45) is 0.520. The van der Waals surface area contributed by atoms with E-state index in [0.717, 1.165) is 19.5 Å². The van der Waals surface area contributed by atoms with E-state index in [0.29, 0.717) is 6.54 Å². The second-order valence-electron chi connectivity index (χ2n) is 8.28. The van der Waals surface area contributed by atoms with Crippen molar-refractivity contribution in [2.75, 3.05) is 26.2 Å². The first-order chi connectivity index (χ1) is 14.5. The molecule has 1 heterocycles. The summed E-state index contributed by atoms with van der Waals surface area (Å²) in [6.45, 7) is 9.73. The molecule has 0 radical (unpaired) electrons.